The van der Waals surface area contributed by atoms with Crippen LogP contribution in [-0.2, 0) is 6.54 Å². The van der Waals surface area contributed by atoms with Crippen molar-refractivity contribution in [3.8, 4) is 0 Å². The summed E-state index contributed by atoms with van der Waals surface area (Å²) >= 11 is 12.3. The van der Waals surface area contributed by atoms with Crippen LogP contribution < -0.4 is 10.6 Å². The molecule has 0 spiro atoms. The molecule has 6 rings (SSSR count). The van der Waals surface area contributed by atoms with Crippen molar-refractivity contribution in [3.63, 3.8) is 0 Å². The molecular formula is C28H26Cl2N2O. The van der Waals surface area contributed by atoms with E-state index in [1.165, 1.54) is 36.1 Å². The Labute approximate surface area is 204 Å². The molecule has 2 N–H and O–H groups in total. The Morgan fingerprint density at radius 3 is 2.61 bits per heavy atom. The van der Waals surface area contributed by atoms with Crippen LogP contribution in [0.3, 0.4) is 0 Å². The molecule has 0 radical (unpaired) electrons. The van der Waals surface area contributed by atoms with E-state index in [9.17, 15) is 4.79 Å². The summed E-state index contributed by atoms with van der Waals surface area (Å²) in [6, 6.07) is 22.7. The van der Waals surface area contributed by atoms with E-state index in [1.807, 2.05) is 12.1 Å². The van der Waals surface area contributed by atoms with Gasteiger partial charge in [0.2, 0.25) is 0 Å². The average molecular weight is 477 g/mol. The van der Waals surface area contributed by atoms with Crippen LogP contribution in [0.5, 0.6) is 0 Å². The summed E-state index contributed by atoms with van der Waals surface area (Å²) in [5.74, 6) is 2.51. The van der Waals surface area contributed by atoms with Gasteiger partial charge in [-0.3, -0.25) is 4.79 Å². The molecular weight excluding hydrogens is 451 g/mol. The van der Waals surface area contributed by atoms with Crippen molar-refractivity contribution in [2.45, 2.75) is 37.8 Å². The molecule has 2 bridgehead atoms. The highest BCUT2D eigenvalue weighted by Gasteiger charge is 2.53. The molecule has 5 heteroatoms. The van der Waals surface area contributed by atoms with Crippen LogP contribution in [0.25, 0.3) is 0 Å². The zero-order chi connectivity index (χ0) is 22.5. The lowest BCUT2D eigenvalue weighted by atomic mass is 9.68. The van der Waals surface area contributed by atoms with Gasteiger partial charge < -0.3 is 10.6 Å². The van der Waals surface area contributed by atoms with Crippen LogP contribution in [0.1, 0.15) is 58.3 Å². The minimum absolute atomic E-state index is 0.0753. The molecule has 0 saturated heterocycles. The van der Waals surface area contributed by atoms with E-state index >= 15 is 0 Å². The Balaban J connectivity index is 1.28. The average Bonchev–Trinajstić information content (AvgIpc) is 3.46. The molecule has 3 aromatic carbocycles. The van der Waals surface area contributed by atoms with Crippen LogP contribution in [0.2, 0.25) is 10.0 Å². The monoisotopic (exact) mass is 476 g/mol. The van der Waals surface area contributed by atoms with Crippen LogP contribution in [0.15, 0.2) is 66.7 Å². The second-order valence-electron chi connectivity index (χ2n) is 9.69. The summed E-state index contributed by atoms with van der Waals surface area (Å²) in [5, 5.41) is 8.02. The number of carbonyl (C=O) groups excluding carboxylic acids is 1. The second kappa shape index (κ2) is 8.38. The van der Waals surface area contributed by atoms with Crippen molar-refractivity contribution in [2.75, 3.05) is 5.32 Å². The number of carbonyl (C=O) groups is 1. The number of benzene rings is 3. The van der Waals surface area contributed by atoms with Crippen molar-refractivity contribution in [3.05, 3.63) is 99.0 Å². The van der Waals surface area contributed by atoms with Crippen molar-refractivity contribution in [1.29, 1.82) is 0 Å². The molecule has 5 atom stereocenters. The Morgan fingerprint density at radius 1 is 0.970 bits per heavy atom. The number of nitrogens with one attached hydrogen (secondary N) is 2. The van der Waals surface area contributed by atoms with Crippen LogP contribution >= 0.6 is 23.2 Å². The third-order valence-electron chi connectivity index (χ3n) is 7.96. The number of halogens is 2. The van der Waals surface area contributed by atoms with Crippen LogP contribution in [-0.4, -0.2) is 5.91 Å². The number of fused-ring (bicyclic) bond motifs is 7. The number of anilines is 1. The quantitative estimate of drug-likeness (QED) is 0.417. The number of hydrogen-bond donors (Lipinski definition) is 2. The fraction of sp³-hybridized carbons (Fsp3) is 0.321. The topological polar surface area (TPSA) is 41.1 Å². The van der Waals surface area contributed by atoms with E-state index in [4.69, 9.17) is 23.2 Å². The summed E-state index contributed by atoms with van der Waals surface area (Å²) in [7, 11) is 0. The lowest BCUT2D eigenvalue weighted by Gasteiger charge is -2.43. The Bertz CT molecular complexity index is 1210. The largest absolute Gasteiger partial charge is 0.378 e. The van der Waals surface area contributed by atoms with E-state index < -0.39 is 0 Å². The first kappa shape index (κ1) is 21.1. The Hall–Kier alpha value is -2.49. The first-order chi connectivity index (χ1) is 16.1. The minimum atomic E-state index is -0.0753. The fourth-order valence-electron chi connectivity index (χ4n) is 6.56. The SMILES string of the molecule is O=C(NCc1ccc(Cl)cc1Cl)c1ccc2c(c1)[C@@H]1[C@H]3CC[C@@H](C3)[C@H]1[C@H](c1ccccc1)N2. The van der Waals surface area contributed by atoms with Gasteiger partial charge >= 0.3 is 0 Å². The van der Waals surface area contributed by atoms with Gasteiger partial charge in [0.15, 0.2) is 0 Å². The summed E-state index contributed by atoms with van der Waals surface area (Å²) in [6.45, 7) is 0.372. The normalized spacial score (nSPS) is 26.9. The molecule has 1 heterocycles. The Morgan fingerprint density at radius 2 is 1.79 bits per heavy atom. The first-order valence-electron chi connectivity index (χ1n) is 11.8. The molecule has 168 valence electrons. The molecule has 2 saturated carbocycles. The van der Waals surface area contributed by atoms with E-state index in [0.717, 1.165) is 17.4 Å². The lowest BCUT2D eigenvalue weighted by molar-refractivity contribution is 0.0950. The molecule has 1 aliphatic heterocycles. The highest BCUT2D eigenvalue weighted by molar-refractivity contribution is 6.35. The van der Waals surface area contributed by atoms with Gasteiger partial charge in [-0.05, 0) is 90.0 Å². The summed E-state index contributed by atoms with van der Waals surface area (Å²) in [5.41, 5.74) is 5.42. The van der Waals surface area contributed by atoms with Crippen molar-refractivity contribution >= 4 is 34.8 Å². The molecule has 2 aliphatic carbocycles. The molecule has 0 unspecified atom stereocenters. The third kappa shape index (κ3) is 3.72. The van der Waals surface area contributed by atoms with Gasteiger partial charge in [-0.15, -0.1) is 0 Å². The van der Waals surface area contributed by atoms with Gasteiger partial charge in [-0.25, -0.2) is 0 Å². The predicted molar refractivity (Wildman–Crippen MR) is 134 cm³/mol. The highest BCUT2D eigenvalue weighted by atomic mass is 35.5. The van der Waals surface area contributed by atoms with Gasteiger partial charge in [-0.2, -0.15) is 0 Å². The van der Waals surface area contributed by atoms with Crippen molar-refractivity contribution < 1.29 is 4.79 Å². The van der Waals surface area contributed by atoms with Crippen molar-refractivity contribution in [2.24, 2.45) is 17.8 Å². The number of amides is 1. The van der Waals surface area contributed by atoms with Gasteiger partial charge in [0.05, 0.1) is 6.04 Å². The van der Waals surface area contributed by atoms with E-state index in [-0.39, 0.29) is 5.91 Å². The third-order valence-corrected chi connectivity index (χ3v) is 8.55. The van der Waals surface area contributed by atoms with Crippen LogP contribution in [0.4, 0.5) is 5.69 Å². The molecule has 2 fully saturated rings. The highest BCUT2D eigenvalue weighted by Crippen LogP contribution is 2.63. The van der Waals surface area contributed by atoms with E-state index in [2.05, 4.69) is 53.1 Å². The van der Waals surface area contributed by atoms with Gasteiger partial charge in [0.25, 0.3) is 5.91 Å². The number of rotatable bonds is 4. The molecule has 3 nitrogen and oxygen atoms in total. The van der Waals surface area contributed by atoms with Crippen molar-refractivity contribution in [1.82, 2.24) is 5.32 Å². The number of hydrogen-bond acceptors (Lipinski definition) is 2. The first-order valence-corrected chi connectivity index (χ1v) is 12.5. The standard InChI is InChI=1S/C28H26Cl2N2O/c29-21-10-8-20(23(30)14-21)15-31-28(33)19-9-11-24-22(13-19)25-17-6-7-18(12-17)26(25)27(32-24)16-4-2-1-3-5-16/h1-5,8-11,13-14,17-18,25-27,32H,6-7,12,15H2,(H,31,33)/t17-,18-,25-,26+,27-/m0/s1. The van der Waals surface area contributed by atoms with Gasteiger partial charge in [-0.1, -0.05) is 59.6 Å². The summed E-state index contributed by atoms with van der Waals surface area (Å²) in [4.78, 5) is 13.0. The lowest BCUT2D eigenvalue weighted by Crippen LogP contribution is -2.35. The maximum absolute atomic E-state index is 13.0. The fourth-order valence-corrected chi connectivity index (χ4v) is 7.04. The Kier molecular flexibility index (Phi) is 5.35. The summed E-state index contributed by atoms with van der Waals surface area (Å²) < 4.78 is 0. The smallest absolute Gasteiger partial charge is 0.251 e. The molecule has 3 aliphatic rings. The zero-order valence-corrected chi connectivity index (χ0v) is 19.7. The predicted octanol–water partition coefficient (Wildman–Crippen LogP) is 7.22. The summed E-state index contributed by atoms with van der Waals surface area (Å²) in [6.07, 6.45) is 3.94. The molecule has 0 aromatic heterocycles. The van der Waals surface area contributed by atoms with Gasteiger partial charge in [0, 0.05) is 27.8 Å². The second-order valence-corrected chi connectivity index (χ2v) is 10.5. The van der Waals surface area contributed by atoms with Gasteiger partial charge in [0.1, 0.15) is 0 Å². The van der Waals surface area contributed by atoms with E-state index in [0.29, 0.717) is 40.0 Å². The molecule has 33 heavy (non-hydrogen) atoms. The molecule has 3 aromatic rings. The minimum Gasteiger partial charge on any atom is -0.378 e. The maximum Gasteiger partial charge on any atom is 0.251 e. The zero-order valence-electron chi connectivity index (χ0n) is 18.2. The van der Waals surface area contributed by atoms with E-state index in [1.54, 1.807) is 12.1 Å². The van der Waals surface area contributed by atoms with Crippen LogP contribution in [0, 0.1) is 17.8 Å². The molecule has 1 amide bonds. The maximum atomic E-state index is 13.0.